The molecule has 10 heteroatoms. The summed E-state index contributed by atoms with van der Waals surface area (Å²) < 4.78 is 6.98. The lowest BCUT2D eigenvalue weighted by molar-refractivity contribution is -0.118. The summed E-state index contributed by atoms with van der Waals surface area (Å²) in [5.74, 6) is -0.0366. The second kappa shape index (κ2) is 8.87. The Balaban J connectivity index is 1.62. The highest BCUT2D eigenvalue weighted by molar-refractivity contribution is 5.83. The fraction of sp³-hybridized carbons (Fsp3) is 0.200. The Kier molecular flexibility index (Phi) is 5.58. The number of amides is 2. The lowest BCUT2D eigenvalue weighted by Gasteiger charge is -2.13. The van der Waals surface area contributed by atoms with Crippen LogP contribution in [-0.2, 0) is 11.3 Å². The molecule has 4 aromatic rings. The Morgan fingerprint density at radius 1 is 1.11 bits per heavy atom. The number of nitrogens with zero attached hydrogens (tertiary/aromatic N) is 5. The third-order valence-electron chi connectivity index (χ3n) is 5.90. The molecule has 1 aliphatic rings. The summed E-state index contributed by atoms with van der Waals surface area (Å²) in [6, 6.07) is 13.4. The zero-order valence-corrected chi connectivity index (χ0v) is 18.6. The minimum absolute atomic E-state index is 0.0633. The van der Waals surface area contributed by atoms with Gasteiger partial charge in [-0.25, -0.2) is 19.7 Å². The Labute approximate surface area is 200 Å². The van der Waals surface area contributed by atoms with Gasteiger partial charge in [-0.1, -0.05) is 6.07 Å². The number of nitriles is 1. The molecule has 3 aromatic heterocycles. The normalized spacial score (nSPS) is 12.9. The topological polar surface area (TPSA) is 163 Å². The van der Waals surface area contributed by atoms with E-state index in [-0.39, 0.29) is 23.8 Å². The number of carbonyl (C=O) groups is 2. The van der Waals surface area contributed by atoms with E-state index in [1.165, 1.54) is 6.20 Å². The summed E-state index contributed by atoms with van der Waals surface area (Å²) in [4.78, 5) is 36.0. The highest BCUT2D eigenvalue weighted by Crippen LogP contribution is 2.43. The van der Waals surface area contributed by atoms with Gasteiger partial charge in [0.1, 0.15) is 6.07 Å². The van der Waals surface area contributed by atoms with Gasteiger partial charge in [-0.3, -0.25) is 4.79 Å². The van der Waals surface area contributed by atoms with E-state index < -0.39 is 6.09 Å². The summed E-state index contributed by atoms with van der Waals surface area (Å²) in [6.45, 7) is 0.450. The number of fused-ring (bicyclic) bond motifs is 1. The maximum atomic E-state index is 11.5. The van der Waals surface area contributed by atoms with E-state index >= 15 is 0 Å². The molecule has 1 aliphatic carbocycles. The predicted octanol–water partition coefficient (Wildman–Crippen LogP) is 3.24. The Morgan fingerprint density at radius 3 is 2.63 bits per heavy atom. The maximum Gasteiger partial charge on any atom is 0.411 e. The van der Waals surface area contributed by atoms with Gasteiger partial charge in [0.15, 0.2) is 0 Å². The molecule has 0 spiro atoms. The standard InChI is InChI=1S/C25H21N7O3/c26-12-16-5-7-29-24(35-25(28)34)23(16)20-11-17(14-1-2-14)10-18(31-20)15-3-4-21-19(9-15)30-13-32(21)8-6-22(27)33/h3-5,7,9-11,13-14H,1-2,6,8H2,(H2,27,33)(H2,28,34). The molecule has 1 saturated carbocycles. The summed E-state index contributed by atoms with van der Waals surface area (Å²) in [7, 11) is 0. The van der Waals surface area contributed by atoms with E-state index in [1.807, 2.05) is 34.9 Å². The second-order valence-electron chi connectivity index (χ2n) is 8.37. The molecular weight excluding hydrogens is 446 g/mol. The van der Waals surface area contributed by atoms with Crippen LogP contribution in [0, 0.1) is 11.3 Å². The molecule has 2 amide bonds. The highest BCUT2D eigenvalue weighted by atomic mass is 16.6. The van der Waals surface area contributed by atoms with Crippen LogP contribution in [-0.4, -0.2) is 31.5 Å². The molecule has 0 saturated heterocycles. The summed E-state index contributed by atoms with van der Waals surface area (Å²) in [6.07, 6.45) is 4.39. The fourth-order valence-electron chi connectivity index (χ4n) is 4.07. The van der Waals surface area contributed by atoms with Gasteiger partial charge in [-0.2, -0.15) is 5.26 Å². The summed E-state index contributed by atoms with van der Waals surface area (Å²) in [5, 5.41) is 9.70. The second-order valence-corrected chi connectivity index (χ2v) is 8.37. The van der Waals surface area contributed by atoms with Gasteiger partial charge in [0, 0.05) is 24.7 Å². The van der Waals surface area contributed by atoms with Crippen LogP contribution in [0.4, 0.5) is 4.79 Å². The first-order chi connectivity index (χ1) is 16.9. The number of carbonyl (C=O) groups excluding carboxylic acids is 2. The van der Waals surface area contributed by atoms with Crippen LogP contribution in [0.2, 0.25) is 0 Å². The Bertz CT molecular complexity index is 1520. The largest absolute Gasteiger partial charge is 0.411 e. The van der Waals surface area contributed by atoms with Gasteiger partial charge in [0.25, 0.3) is 0 Å². The van der Waals surface area contributed by atoms with Crippen molar-refractivity contribution in [1.29, 1.82) is 5.26 Å². The van der Waals surface area contributed by atoms with Gasteiger partial charge in [-0.15, -0.1) is 0 Å². The van der Waals surface area contributed by atoms with E-state index in [9.17, 15) is 14.9 Å². The van der Waals surface area contributed by atoms with Crippen molar-refractivity contribution in [2.75, 3.05) is 0 Å². The Morgan fingerprint density at radius 2 is 1.91 bits per heavy atom. The molecule has 3 heterocycles. The zero-order chi connectivity index (χ0) is 24.5. The van der Waals surface area contributed by atoms with Crippen molar-refractivity contribution in [3.8, 4) is 34.5 Å². The number of ether oxygens (including phenoxy) is 1. The van der Waals surface area contributed by atoms with Crippen molar-refractivity contribution >= 4 is 23.0 Å². The first-order valence-corrected chi connectivity index (χ1v) is 11.0. The summed E-state index contributed by atoms with van der Waals surface area (Å²) in [5.41, 5.74) is 15.8. The highest BCUT2D eigenvalue weighted by Gasteiger charge is 2.26. The number of rotatable bonds is 7. The van der Waals surface area contributed by atoms with Crippen molar-refractivity contribution in [2.45, 2.75) is 31.7 Å². The van der Waals surface area contributed by atoms with E-state index in [2.05, 4.69) is 16.0 Å². The molecule has 0 bridgehead atoms. The number of hydrogen-bond donors (Lipinski definition) is 2. The lowest BCUT2D eigenvalue weighted by Crippen LogP contribution is -2.17. The van der Waals surface area contributed by atoms with E-state index in [1.54, 1.807) is 12.4 Å². The van der Waals surface area contributed by atoms with Crippen LogP contribution in [0.3, 0.4) is 0 Å². The molecule has 174 valence electrons. The number of pyridine rings is 2. The molecule has 4 N–H and O–H groups in total. The quantitative estimate of drug-likeness (QED) is 0.421. The van der Waals surface area contributed by atoms with Gasteiger partial charge in [0.05, 0.1) is 39.9 Å². The molecule has 1 aromatic carbocycles. The molecule has 0 atom stereocenters. The minimum Gasteiger partial charge on any atom is -0.391 e. The molecule has 0 aliphatic heterocycles. The van der Waals surface area contributed by atoms with Crippen LogP contribution in [0.15, 0.2) is 48.9 Å². The number of nitrogens with two attached hydrogens (primary N) is 2. The van der Waals surface area contributed by atoms with Crippen molar-refractivity contribution in [1.82, 2.24) is 19.5 Å². The first kappa shape index (κ1) is 22.0. The van der Waals surface area contributed by atoms with Crippen molar-refractivity contribution < 1.29 is 14.3 Å². The lowest BCUT2D eigenvalue weighted by atomic mass is 10.0. The molecule has 1 fully saturated rings. The van der Waals surface area contributed by atoms with Crippen molar-refractivity contribution in [3.05, 3.63) is 60.0 Å². The smallest absolute Gasteiger partial charge is 0.391 e. The molecule has 5 rings (SSSR count). The van der Waals surface area contributed by atoms with Gasteiger partial charge >= 0.3 is 6.09 Å². The SMILES string of the molecule is N#Cc1ccnc(OC(N)=O)c1-c1cc(C2CC2)cc(-c2ccc3c(c2)ncn3CCC(N)=O)n1. The fourth-order valence-corrected chi connectivity index (χ4v) is 4.07. The number of benzene rings is 1. The Hall–Kier alpha value is -4.78. The van der Waals surface area contributed by atoms with Crippen molar-refractivity contribution in [2.24, 2.45) is 11.5 Å². The molecule has 0 unspecified atom stereocenters. The average molecular weight is 467 g/mol. The van der Waals surface area contributed by atoms with E-state index in [0.717, 1.165) is 35.0 Å². The van der Waals surface area contributed by atoms with Gasteiger partial charge in [-0.05, 0) is 54.7 Å². The summed E-state index contributed by atoms with van der Waals surface area (Å²) >= 11 is 0. The third kappa shape index (κ3) is 4.52. The van der Waals surface area contributed by atoms with Crippen LogP contribution in [0.25, 0.3) is 33.5 Å². The van der Waals surface area contributed by atoms with E-state index in [4.69, 9.17) is 21.2 Å². The van der Waals surface area contributed by atoms with Crippen LogP contribution in [0.5, 0.6) is 5.88 Å². The van der Waals surface area contributed by atoms with Crippen LogP contribution in [0.1, 0.15) is 36.3 Å². The molecule has 10 nitrogen and oxygen atoms in total. The number of primary amides is 2. The molecule has 35 heavy (non-hydrogen) atoms. The number of imidazole rings is 1. The van der Waals surface area contributed by atoms with Crippen LogP contribution < -0.4 is 16.2 Å². The third-order valence-corrected chi connectivity index (χ3v) is 5.90. The van der Waals surface area contributed by atoms with Gasteiger partial charge in [0.2, 0.25) is 11.8 Å². The monoisotopic (exact) mass is 467 g/mol. The molecular formula is C25H21N7O3. The number of aromatic nitrogens is 4. The predicted molar refractivity (Wildman–Crippen MR) is 127 cm³/mol. The van der Waals surface area contributed by atoms with Crippen molar-refractivity contribution in [3.63, 3.8) is 0 Å². The maximum absolute atomic E-state index is 11.5. The van der Waals surface area contributed by atoms with Gasteiger partial charge < -0.3 is 20.8 Å². The van der Waals surface area contributed by atoms with Crippen LogP contribution >= 0.6 is 0 Å². The average Bonchev–Trinajstić information content (AvgIpc) is 3.62. The first-order valence-electron chi connectivity index (χ1n) is 11.0. The molecule has 0 radical (unpaired) electrons. The number of aryl methyl sites for hydroxylation is 1. The minimum atomic E-state index is -1.02. The van der Waals surface area contributed by atoms with E-state index in [0.29, 0.717) is 29.4 Å². The number of hydrogen-bond acceptors (Lipinski definition) is 7. The zero-order valence-electron chi connectivity index (χ0n) is 18.6.